The summed E-state index contributed by atoms with van der Waals surface area (Å²) in [6.07, 6.45) is 0.481. The second-order valence-corrected chi connectivity index (χ2v) is 14.4. The van der Waals surface area contributed by atoms with Crippen molar-refractivity contribution in [3.63, 3.8) is 0 Å². The third-order valence-corrected chi connectivity index (χ3v) is 10.3. The van der Waals surface area contributed by atoms with Crippen LogP contribution in [0, 0.1) is 23.2 Å². The number of aliphatic hydroxyl groups is 3. The number of ether oxygens (including phenoxy) is 3. The SMILES string of the molecule is CC[C@H]1OC(=O)[C@H](C)[C@@H](C2C[C@@](C)(OC)C[C@H](C)O2)CC(C)(C)[C@](C)(O)CC(C)CN(C)[C@H](C)[C@@H](O)[C@]1(C)O. The van der Waals surface area contributed by atoms with Crippen molar-refractivity contribution < 1.29 is 34.3 Å². The first kappa shape index (κ1) is 34.4. The van der Waals surface area contributed by atoms with E-state index < -0.39 is 46.8 Å². The standard InChI is InChI=1S/C31H59NO7/c1-13-25-31(10,36)26(33)22(5)32(11)18-19(2)14-30(9,35)28(6,7)16-23(21(4)27(34)39-25)24-17-29(8,37-12)15-20(3)38-24/h19-26,33,35-36H,13-18H2,1-12H3/t19?,20-,21+,22+,23-,24?,25+,26+,29-,30+,31+/m0/s1. The maximum Gasteiger partial charge on any atom is 0.309 e. The zero-order valence-electron chi connectivity index (χ0n) is 26.8. The van der Waals surface area contributed by atoms with Crippen molar-refractivity contribution >= 4 is 5.97 Å². The average Bonchev–Trinajstić information content (AvgIpc) is 2.82. The van der Waals surface area contributed by atoms with Gasteiger partial charge in [-0.3, -0.25) is 4.79 Å². The molecule has 39 heavy (non-hydrogen) atoms. The summed E-state index contributed by atoms with van der Waals surface area (Å²) in [6, 6.07) is -0.396. The molecule has 3 N–H and O–H groups in total. The lowest BCUT2D eigenvalue weighted by atomic mass is 9.64. The maximum atomic E-state index is 13.8. The first-order valence-corrected chi connectivity index (χ1v) is 15.0. The first-order valence-electron chi connectivity index (χ1n) is 15.0. The summed E-state index contributed by atoms with van der Waals surface area (Å²) in [5, 5.41) is 34.7. The largest absolute Gasteiger partial charge is 0.459 e. The van der Waals surface area contributed by atoms with Crippen molar-refractivity contribution in [3.05, 3.63) is 0 Å². The number of methoxy groups -OCH3 is 1. The lowest BCUT2D eigenvalue weighted by molar-refractivity contribution is -0.199. The maximum absolute atomic E-state index is 13.8. The van der Waals surface area contributed by atoms with Crippen LogP contribution in [0.15, 0.2) is 0 Å². The number of hydrogen-bond donors (Lipinski definition) is 3. The molecule has 0 bridgehead atoms. The van der Waals surface area contributed by atoms with Gasteiger partial charge in [-0.25, -0.2) is 0 Å². The molecule has 0 amide bonds. The van der Waals surface area contributed by atoms with Crippen LogP contribution in [0.3, 0.4) is 0 Å². The van der Waals surface area contributed by atoms with Crippen LogP contribution in [0.5, 0.6) is 0 Å². The Kier molecular flexibility index (Phi) is 11.1. The van der Waals surface area contributed by atoms with Gasteiger partial charge in [0.2, 0.25) is 0 Å². The predicted molar refractivity (Wildman–Crippen MR) is 153 cm³/mol. The first-order chi connectivity index (χ1) is 17.7. The van der Waals surface area contributed by atoms with Gasteiger partial charge in [-0.1, -0.05) is 34.6 Å². The highest BCUT2D eigenvalue weighted by Gasteiger charge is 2.50. The minimum atomic E-state index is -1.65. The molecule has 230 valence electrons. The molecule has 0 aliphatic carbocycles. The molecule has 0 aromatic rings. The van der Waals surface area contributed by atoms with E-state index in [0.29, 0.717) is 32.2 Å². The fourth-order valence-electron chi connectivity index (χ4n) is 7.01. The summed E-state index contributed by atoms with van der Waals surface area (Å²) in [7, 11) is 3.63. The normalized spacial score (nSPS) is 47.6. The molecule has 2 aliphatic heterocycles. The van der Waals surface area contributed by atoms with Gasteiger partial charge >= 0.3 is 5.97 Å². The molecule has 2 saturated heterocycles. The molecule has 0 aromatic carbocycles. The summed E-state index contributed by atoms with van der Waals surface area (Å²) in [5.41, 5.74) is -3.61. The van der Waals surface area contributed by atoms with Gasteiger partial charge in [0.1, 0.15) is 17.8 Å². The summed E-state index contributed by atoms with van der Waals surface area (Å²) in [4.78, 5) is 15.8. The van der Waals surface area contributed by atoms with Crippen LogP contribution in [-0.4, -0.2) is 94.2 Å². The van der Waals surface area contributed by atoms with Crippen LogP contribution >= 0.6 is 0 Å². The molecule has 0 spiro atoms. The lowest BCUT2D eigenvalue weighted by Gasteiger charge is -2.49. The Morgan fingerprint density at radius 1 is 1.00 bits per heavy atom. The van der Waals surface area contributed by atoms with Gasteiger partial charge < -0.3 is 34.4 Å². The Morgan fingerprint density at radius 3 is 2.13 bits per heavy atom. The van der Waals surface area contributed by atoms with Gasteiger partial charge in [-0.15, -0.1) is 0 Å². The molecule has 2 heterocycles. The third kappa shape index (κ3) is 7.75. The topological polar surface area (TPSA) is 109 Å². The van der Waals surface area contributed by atoms with E-state index in [2.05, 4.69) is 27.7 Å². The fourth-order valence-corrected chi connectivity index (χ4v) is 7.01. The molecule has 11 atom stereocenters. The smallest absolute Gasteiger partial charge is 0.309 e. The molecule has 2 fully saturated rings. The third-order valence-electron chi connectivity index (χ3n) is 10.3. The number of rotatable bonds is 3. The number of carbonyl (C=O) groups excluding carboxylic acids is 1. The second-order valence-electron chi connectivity index (χ2n) is 14.4. The zero-order chi connectivity index (χ0) is 30.1. The fraction of sp³-hybridized carbons (Fsp3) is 0.968. The zero-order valence-corrected chi connectivity index (χ0v) is 26.8. The molecule has 2 rings (SSSR count). The van der Waals surface area contributed by atoms with Gasteiger partial charge in [0.05, 0.1) is 29.3 Å². The van der Waals surface area contributed by atoms with Crippen LogP contribution in [0.25, 0.3) is 0 Å². The highest BCUT2D eigenvalue weighted by atomic mass is 16.6. The van der Waals surface area contributed by atoms with E-state index in [9.17, 15) is 20.1 Å². The van der Waals surface area contributed by atoms with Gasteiger partial charge in [-0.05, 0) is 78.2 Å². The molecular weight excluding hydrogens is 498 g/mol. The van der Waals surface area contributed by atoms with Crippen molar-refractivity contribution in [3.8, 4) is 0 Å². The van der Waals surface area contributed by atoms with Crippen molar-refractivity contribution in [1.82, 2.24) is 4.90 Å². The number of aliphatic hydroxyl groups excluding tert-OH is 1. The summed E-state index contributed by atoms with van der Waals surface area (Å²) < 4.78 is 18.4. The van der Waals surface area contributed by atoms with Crippen molar-refractivity contribution in [2.24, 2.45) is 23.2 Å². The van der Waals surface area contributed by atoms with Gasteiger partial charge in [0.25, 0.3) is 0 Å². The number of likely N-dealkylation sites (N-methyl/N-ethyl adjacent to an activating group) is 1. The second kappa shape index (κ2) is 12.6. The highest BCUT2D eigenvalue weighted by Crippen LogP contribution is 2.47. The van der Waals surface area contributed by atoms with Crippen LogP contribution in [0.1, 0.15) is 101 Å². The Balaban J connectivity index is 2.59. The Morgan fingerprint density at radius 2 is 1.59 bits per heavy atom. The van der Waals surface area contributed by atoms with Crippen LogP contribution in [-0.2, 0) is 19.0 Å². The summed E-state index contributed by atoms with van der Waals surface area (Å²) >= 11 is 0. The number of nitrogens with zero attached hydrogens (tertiary/aromatic N) is 1. The van der Waals surface area contributed by atoms with Crippen LogP contribution < -0.4 is 0 Å². The minimum absolute atomic E-state index is 0.0477. The van der Waals surface area contributed by atoms with Gasteiger partial charge in [0, 0.05) is 32.5 Å². The van der Waals surface area contributed by atoms with Crippen molar-refractivity contribution in [1.29, 1.82) is 0 Å². The van der Waals surface area contributed by atoms with E-state index in [1.54, 1.807) is 14.0 Å². The van der Waals surface area contributed by atoms with Crippen molar-refractivity contribution in [2.45, 2.75) is 149 Å². The molecule has 0 saturated carbocycles. The molecule has 0 aromatic heterocycles. The molecule has 8 nitrogen and oxygen atoms in total. The van der Waals surface area contributed by atoms with Crippen LogP contribution in [0.4, 0.5) is 0 Å². The average molecular weight is 558 g/mol. The highest BCUT2D eigenvalue weighted by molar-refractivity contribution is 5.72. The lowest BCUT2D eigenvalue weighted by Crippen LogP contribution is -2.59. The Hall–Kier alpha value is -0.770. The van der Waals surface area contributed by atoms with E-state index in [0.717, 1.165) is 6.42 Å². The quantitative estimate of drug-likeness (QED) is 0.444. The monoisotopic (exact) mass is 557 g/mol. The van der Waals surface area contributed by atoms with Gasteiger partial charge in [0.15, 0.2) is 0 Å². The number of carbonyl (C=O) groups is 1. The molecule has 0 radical (unpaired) electrons. The molecule has 2 unspecified atom stereocenters. The minimum Gasteiger partial charge on any atom is -0.459 e. The number of esters is 1. The van der Waals surface area contributed by atoms with E-state index in [1.165, 1.54) is 0 Å². The summed E-state index contributed by atoms with van der Waals surface area (Å²) in [6.45, 7) is 20.0. The van der Waals surface area contributed by atoms with E-state index in [-0.39, 0.29) is 29.6 Å². The van der Waals surface area contributed by atoms with Crippen molar-refractivity contribution in [2.75, 3.05) is 20.7 Å². The number of hydrogen-bond acceptors (Lipinski definition) is 8. The molecule has 8 heteroatoms. The summed E-state index contributed by atoms with van der Waals surface area (Å²) in [5.74, 6) is -1.14. The number of cyclic esters (lactones) is 1. The van der Waals surface area contributed by atoms with E-state index in [1.807, 2.05) is 46.6 Å². The molecular formula is C31H59NO7. The predicted octanol–water partition coefficient (Wildman–Crippen LogP) is 4.17. The Bertz CT molecular complexity index is 815. The van der Waals surface area contributed by atoms with E-state index >= 15 is 0 Å². The Labute approximate surface area is 237 Å². The van der Waals surface area contributed by atoms with E-state index in [4.69, 9.17) is 14.2 Å². The van der Waals surface area contributed by atoms with Gasteiger partial charge in [-0.2, -0.15) is 0 Å². The molecule has 2 aliphatic rings. The van der Waals surface area contributed by atoms with Crippen LogP contribution in [0.2, 0.25) is 0 Å².